The molecule has 0 aromatic heterocycles. The first kappa shape index (κ1) is 12.9. The molecule has 1 aromatic carbocycles. The molecular formula is C15H22N2O. The van der Waals surface area contributed by atoms with E-state index in [0.29, 0.717) is 0 Å². The molecule has 1 aromatic rings. The van der Waals surface area contributed by atoms with Crippen LogP contribution in [0.15, 0.2) is 18.2 Å². The third-order valence-electron chi connectivity index (χ3n) is 4.05. The number of carbonyl (C=O) groups is 1. The van der Waals surface area contributed by atoms with Crippen LogP contribution in [0.5, 0.6) is 0 Å². The average molecular weight is 246 g/mol. The summed E-state index contributed by atoms with van der Waals surface area (Å²) in [6.07, 6.45) is 2.90. The molecule has 0 saturated carbocycles. The lowest BCUT2D eigenvalue weighted by Gasteiger charge is -2.28. The third-order valence-corrected chi connectivity index (χ3v) is 4.05. The van der Waals surface area contributed by atoms with Crippen molar-refractivity contribution in [3.05, 3.63) is 29.3 Å². The van der Waals surface area contributed by atoms with Gasteiger partial charge in [-0.2, -0.15) is 0 Å². The van der Waals surface area contributed by atoms with Crippen LogP contribution in [-0.2, 0) is 6.42 Å². The predicted molar refractivity (Wildman–Crippen MR) is 75.1 cm³/mol. The second-order valence-electron chi connectivity index (χ2n) is 5.27. The van der Waals surface area contributed by atoms with E-state index in [9.17, 15) is 4.79 Å². The van der Waals surface area contributed by atoms with E-state index in [1.165, 1.54) is 11.3 Å². The fourth-order valence-electron chi connectivity index (χ4n) is 2.22. The average Bonchev–Trinajstić information content (AvgIpc) is 2.85. The van der Waals surface area contributed by atoms with E-state index in [2.05, 4.69) is 31.4 Å². The zero-order chi connectivity index (χ0) is 13.2. The molecule has 0 radical (unpaired) electrons. The lowest BCUT2D eigenvalue weighted by Crippen LogP contribution is -2.44. The van der Waals surface area contributed by atoms with Crippen LogP contribution in [0.25, 0.3) is 0 Å². The van der Waals surface area contributed by atoms with Crippen molar-refractivity contribution in [2.24, 2.45) is 0 Å². The molecule has 2 N–H and O–H groups in total. The van der Waals surface area contributed by atoms with Crippen molar-refractivity contribution in [1.29, 1.82) is 0 Å². The summed E-state index contributed by atoms with van der Waals surface area (Å²) in [6.45, 7) is 7.29. The Balaban J connectivity index is 2.14. The highest BCUT2D eigenvalue weighted by Gasteiger charge is 2.23. The van der Waals surface area contributed by atoms with Crippen molar-refractivity contribution < 1.29 is 4.79 Å². The van der Waals surface area contributed by atoms with Crippen LogP contribution in [0.2, 0.25) is 0 Å². The SMILES string of the molecule is CCC(C)(CC)NC(=O)c1ccc2c(c1)CCN2. The maximum atomic E-state index is 12.2. The number of rotatable bonds is 4. The molecule has 2 rings (SSSR count). The van der Waals surface area contributed by atoms with Crippen molar-refractivity contribution in [2.75, 3.05) is 11.9 Å². The number of fused-ring (bicyclic) bond motifs is 1. The first-order valence-corrected chi connectivity index (χ1v) is 6.77. The molecule has 18 heavy (non-hydrogen) atoms. The first-order chi connectivity index (χ1) is 8.58. The normalized spacial score (nSPS) is 13.9. The maximum absolute atomic E-state index is 12.2. The number of benzene rings is 1. The molecule has 3 nitrogen and oxygen atoms in total. The van der Waals surface area contributed by atoms with Crippen molar-refractivity contribution >= 4 is 11.6 Å². The van der Waals surface area contributed by atoms with Gasteiger partial charge in [-0.25, -0.2) is 0 Å². The van der Waals surface area contributed by atoms with E-state index in [0.717, 1.165) is 31.4 Å². The Kier molecular flexibility index (Phi) is 3.60. The summed E-state index contributed by atoms with van der Waals surface area (Å²) >= 11 is 0. The molecule has 98 valence electrons. The summed E-state index contributed by atoms with van der Waals surface area (Å²) in [5.41, 5.74) is 3.08. The second-order valence-corrected chi connectivity index (χ2v) is 5.27. The van der Waals surface area contributed by atoms with Crippen molar-refractivity contribution in [3.63, 3.8) is 0 Å². The predicted octanol–water partition coefficient (Wildman–Crippen LogP) is 2.96. The number of amides is 1. The van der Waals surface area contributed by atoms with Crippen LogP contribution in [0, 0.1) is 0 Å². The number of nitrogens with one attached hydrogen (secondary N) is 2. The zero-order valence-electron chi connectivity index (χ0n) is 11.5. The van der Waals surface area contributed by atoms with Gasteiger partial charge in [0.2, 0.25) is 0 Å². The van der Waals surface area contributed by atoms with Gasteiger partial charge < -0.3 is 10.6 Å². The van der Waals surface area contributed by atoms with E-state index in [1.807, 2.05) is 18.2 Å². The van der Waals surface area contributed by atoms with Gasteiger partial charge in [0.15, 0.2) is 0 Å². The highest BCUT2D eigenvalue weighted by molar-refractivity contribution is 5.95. The minimum Gasteiger partial charge on any atom is -0.384 e. The molecule has 1 aliphatic heterocycles. The zero-order valence-corrected chi connectivity index (χ0v) is 11.5. The third kappa shape index (κ3) is 2.50. The summed E-state index contributed by atoms with van der Waals surface area (Å²) in [5.74, 6) is 0.0379. The van der Waals surface area contributed by atoms with E-state index in [1.54, 1.807) is 0 Å². The monoisotopic (exact) mass is 246 g/mol. The Bertz CT molecular complexity index is 450. The minimum atomic E-state index is -0.103. The fraction of sp³-hybridized carbons (Fsp3) is 0.533. The molecular weight excluding hydrogens is 224 g/mol. The van der Waals surface area contributed by atoms with Gasteiger partial charge in [0, 0.05) is 23.3 Å². The van der Waals surface area contributed by atoms with Gasteiger partial charge >= 0.3 is 0 Å². The molecule has 0 spiro atoms. The van der Waals surface area contributed by atoms with Crippen LogP contribution in [0.1, 0.15) is 49.5 Å². The topological polar surface area (TPSA) is 41.1 Å². The molecule has 3 heteroatoms. The summed E-state index contributed by atoms with van der Waals surface area (Å²) in [6, 6.07) is 5.92. The summed E-state index contributed by atoms with van der Waals surface area (Å²) < 4.78 is 0. The fourth-order valence-corrected chi connectivity index (χ4v) is 2.22. The Morgan fingerprint density at radius 2 is 2.11 bits per heavy atom. The minimum absolute atomic E-state index is 0.0379. The van der Waals surface area contributed by atoms with Gasteiger partial charge in [0.1, 0.15) is 0 Å². The molecule has 0 unspecified atom stereocenters. The van der Waals surface area contributed by atoms with Crippen LogP contribution in [-0.4, -0.2) is 18.0 Å². The molecule has 0 fully saturated rings. The van der Waals surface area contributed by atoms with Crippen molar-refractivity contribution in [3.8, 4) is 0 Å². The van der Waals surface area contributed by atoms with E-state index in [-0.39, 0.29) is 11.4 Å². The molecule has 0 aliphatic carbocycles. The van der Waals surface area contributed by atoms with Crippen LogP contribution in [0.4, 0.5) is 5.69 Å². The summed E-state index contributed by atoms with van der Waals surface area (Å²) in [7, 11) is 0. The van der Waals surface area contributed by atoms with Gasteiger partial charge in [-0.15, -0.1) is 0 Å². The molecule has 1 amide bonds. The molecule has 0 atom stereocenters. The van der Waals surface area contributed by atoms with E-state index in [4.69, 9.17) is 0 Å². The summed E-state index contributed by atoms with van der Waals surface area (Å²) in [5, 5.41) is 6.45. The summed E-state index contributed by atoms with van der Waals surface area (Å²) in [4.78, 5) is 12.2. The Hall–Kier alpha value is -1.51. The smallest absolute Gasteiger partial charge is 0.251 e. The van der Waals surface area contributed by atoms with E-state index < -0.39 is 0 Å². The Morgan fingerprint density at radius 3 is 2.78 bits per heavy atom. The Morgan fingerprint density at radius 1 is 1.39 bits per heavy atom. The molecule has 0 saturated heterocycles. The largest absolute Gasteiger partial charge is 0.384 e. The van der Waals surface area contributed by atoms with Gasteiger partial charge in [-0.3, -0.25) is 4.79 Å². The number of carbonyl (C=O) groups excluding carboxylic acids is 1. The first-order valence-electron chi connectivity index (χ1n) is 6.77. The van der Waals surface area contributed by atoms with Crippen LogP contribution >= 0.6 is 0 Å². The Labute approximate surface area is 109 Å². The van der Waals surface area contributed by atoms with Gasteiger partial charge in [0.05, 0.1) is 0 Å². The molecule has 1 aliphatic rings. The van der Waals surface area contributed by atoms with Gasteiger partial charge in [-0.1, -0.05) is 13.8 Å². The van der Waals surface area contributed by atoms with Crippen molar-refractivity contribution in [2.45, 2.75) is 45.6 Å². The van der Waals surface area contributed by atoms with Crippen LogP contribution in [0.3, 0.4) is 0 Å². The standard InChI is InChI=1S/C15H22N2O/c1-4-15(3,5-2)17-14(18)12-6-7-13-11(10-12)8-9-16-13/h6-7,10,16H,4-5,8-9H2,1-3H3,(H,17,18). The van der Waals surface area contributed by atoms with Crippen molar-refractivity contribution in [1.82, 2.24) is 5.32 Å². The lowest BCUT2D eigenvalue weighted by molar-refractivity contribution is 0.0901. The van der Waals surface area contributed by atoms with Gasteiger partial charge in [0.25, 0.3) is 5.91 Å². The van der Waals surface area contributed by atoms with Crippen LogP contribution < -0.4 is 10.6 Å². The maximum Gasteiger partial charge on any atom is 0.251 e. The lowest BCUT2D eigenvalue weighted by atomic mass is 9.95. The number of hydrogen-bond donors (Lipinski definition) is 2. The van der Waals surface area contributed by atoms with E-state index >= 15 is 0 Å². The molecule has 0 bridgehead atoms. The van der Waals surface area contributed by atoms with Gasteiger partial charge in [-0.05, 0) is 49.9 Å². The highest BCUT2D eigenvalue weighted by atomic mass is 16.1. The number of hydrogen-bond acceptors (Lipinski definition) is 2. The molecule has 1 heterocycles. The second kappa shape index (κ2) is 5.01. The quantitative estimate of drug-likeness (QED) is 0.857. The number of anilines is 1. The highest BCUT2D eigenvalue weighted by Crippen LogP contribution is 2.23.